The van der Waals surface area contributed by atoms with Gasteiger partial charge in [-0.2, -0.15) is 0 Å². The summed E-state index contributed by atoms with van der Waals surface area (Å²) in [4.78, 5) is 25.2. The molecule has 0 heterocycles. The molecule has 0 atom stereocenters. The second-order valence-electron chi connectivity index (χ2n) is 8.59. The van der Waals surface area contributed by atoms with Gasteiger partial charge in [-0.1, -0.05) is 64.8 Å². The molecule has 0 unspecified atom stereocenters. The first-order valence-corrected chi connectivity index (χ1v) is 13.2. The highest BCUT2D eigenvalue weighted by molar-refractivity contribution is 6.75. The van der Waals surface area contributed by atoms with Crippen LogP contribution in [0.25, 0.3) is 0 Å². The zero-order chi connectivity index (χ0) is 21.2. The summed E-state index contributed by atoms with van der Waals surface area (Å²) in [6, 6.07) is 6.70. The van der Waals surface area contributed by atoms with Crippen LogP contribution < -0.4 is 0 Å². The van der Waals surface area contributed by atoms with E-state index in [0.29, 0.717) is 13.0 Å². The molecule has 0 aromatic heterocycles. The van der Waals surface area contributed by atoms with Crippen LogP contribution in [0.2, 0.25) is 18.1 Å². The average molecular weight is 405 g/mol. The van der Waals surface area contributed by atoms with E-state index in [-0.39, 0.29) is 16.2 Å². The first-order chi connectivity index (χ1) is 13.1. The van der Waals surface area contributed by atoms with Crippen molar-refractivity contribution >= 4 is 20.3 Å². The Morgan fingerprint density at radius 2 is 1.54 bits per heavy atom. The minimum absolute atomic E-state index is 0.0957. The Hall–Kier alpha value is -1.88. The van der Waals surface area contributed by atoms with E-state index < -0.39 is 20.3 Å². The van der Waals surface area contributed by atoms with Crippen molar-refractivity contribution in [3.05, 3.63) is 47.5 Å². The van der Waals surface area contributed by atoms with Gasteiger partial charge in [-0.15, -0.1) is 0 Å². The smallest absolute Gasteiger partial charge is 0.339 e. The Bertz CT molecular complexity index is 671. The summed E-state index contributed by atoms with van der Waals surface area (Å²) in [5.41, 5.74) is 0.533. The van der Waals surface area contributed by atoms with Crippen molar-refractivity contribution in [2.75, 3.05) is 6.61 Å². The fourth-order valence-corrected chi connectivity index (χ4v) is 3.20. The number of allylic oxidation sites excluding steroid dienone is 1. The average Bonchev–Trinajstić information content (AvgIpc) is 2.62. The third-order valence-corrected chi connectivity index (χ3v) is 9.49. The molecule has 0 saturated carbocycles. The Morgan fingerprint density at radius 3 is 2.11 bits per heavy atom. The normalized spacial score (nSPS) is 12.2. The van der Waals surface area contributed by atoms with Crippen LogP contribution in [-0.2, 0) is 9.16 Å². The van der Waals surface area contributed by atoms with Crippen LogP contribution in [0.4, 0.5) is 0 Å². The second-order valence-corrected chi connectivity index (χ2v) is 13.3. The van der Waals surface area contributed by atoms with Gasteiger partial charge in [0, 0.05) is 0 Å². The molecule has 1 aromatic rings. The Morgan fingerprint density at radius 1 is 0.964 bits per heavy atom. The van der Waals surface area contributed by atoms with E-state index in [1.54, 1.807) is 24.3 Å². The molecule has 1 rings (SSSR count). The molecule has 156 valence electrons. The highest BCUT2D eigenvalue weighted by Gasteiger charge is 2.41. The summed E-state index contributed by atoms with van der Waals surface area (Å²) in [6.07, 6.45) is 9.55. The summed E-state index contributed by atoms with van der Waals surface area (Å²) < 4.78 is 11.2. The van der Waals surface area contributed by atoms with Gasteiger partial charge in [-0.05, 0) is 49.5 Å². The molecule has 0 aliphatic heterocycles. The van der Waals surface area contributed by atoms with Crippen molar-refractivity contribution < 1.29 is 18.8 Å². The molecule has 0 radical (unpaired) electrons. The molecule has 0 bridgehead atoms. The van der Waals surface area contributed by atoms with Gasteiger partial charge >= 0.3 is 11.9 Å². The predicted octanol–water partition coefficient (Wildman–Crippen LogP) is 6.53. The number of rotatable bonds is 10. The van der Waals surface area contributed by atoms with Crippen LogP contribution in [0.3, 0.4) is 0 Å². The van der Waals surface area contributed by atoms with Crippen molar-refractivity contribution in [1.29, 1.82) is 0 Å². The van der Waals surface area contributed by atoms with Crippen molar-refractivity contribution in [3.63, 3.8) is 0 Å². The number of carbonyl (C=O) groups is 2. The van der Waals surface area contributed by atoms with Crippen molar-refractivity contribution in [3.8, 4) is 0 Å². The van der Waals surface area contributed by atoms with Gasteiger partial charge < -0.3 is 9.16 Å². The molecule has 0 saturated heterocycles. The van der Waals surface area contributed by atoms with Crippen LogP contribution in [-0.4, -0.2) is 26.9 Å². The first kappa shape index (κ1) is 24.2. The fourth-order valence-electron chi connectivity index (χ4n) is 2.32. The zero-order valence-electron chi connectivity index (χ0n) is 18.3. The molecule has 1 aromatic carbocycles. The van der Waals surface area contributed by atoms with Gasteiger partial charge in [0.2, 0.25) is 0 Å². The zero-order valence-corrected chi connectivity index (χ0v) is 19.3. The van der Waals surface area contributed by atoms with Crippen LogP contribution >= 0.6 is 0 Å². The summed E-state index contributed by atoms with van der Waals surface area (Å²) in [5.74, 6) is -0.933. The highest BCUT2D eigenvalue weighted by atomic mass is 28.4. The van der Waals surface area contributed by atoms with Crippen LogP contribution in [0.1, 0.15) is 80.5 Å². The number of benzene rings is 1. The molecule has 0 amide bonds. The number of carbonyl (C=O) groups excluding carboxylic acids is 2. The van der Waals surface area contributed by atoms with Crippen LogP contribution in [0, 0.1) is 0 Å². The number of unbranched alkanes of at least 4 members (excludes halogenated alkanes) is 3. The van der Waals surface area contributed by atoms with Gasteiger partial charge in [0.15, 0.2) is 0 Å². The predicted molar refractivity (Wildman–Crippen MR) is 117 cm³/mol. The second kappa shape index (κ2) is 11.2. The first-order valence-electron chi connectivity index (χ1n) is 10.2. The standard InChI is InChI=1S/C23H36O4Si/c1-7-8-9-10-11-12-15-18-26-21(24)19-16-13-14-17-20(19)22(25)27-28(5,6)23(2,3)4/h11-14,16-17H,7-10,15,18H2,1-6H3/b12-11-. The molecule has 0 N–H and O–H groups in total. The van der Waals surface area contributed by atoms with Crippen molar-refractivity contribution in [1.82, 2.24) is 0 Å². The minimum Gasteiger partial charge on any atom is -0.516 e. The highest BCUT2D eigenvalue weighted by Crippen LogP contribution is 2.37. The maximum Gasteiger partial charge on any atom is 0.339 e. The van der Waals surface area contributed by atoms with E-state index in [1.165, 1.54) is 19.3 Å². The van der Waals surface area contributed by atoms with Crippen molar-refractivity contribution in [2.24, 2.45) is 0 Å². The number of esters is 1. The van der Waals surface area contributed by atoms with E-state index in [9.17, 15) is 9.59 Å². The van der Waals surface area contributed by atoms with Gasteiger partial charge in [-0.3, -0.25) is 0 Å². The molecule has 5 heteroatoms. The number of hydrogen-bond acceptors (Lipinski definition) is 4. The number of hydrogen-bond donors (Lipinski definition) is 0. The molecular weight excluding hydrogens is 368 g/mol. The summed E-state index contributed by atoms with van der Waals surface area (Å²) in [7, 11) is -2.27. The van der Waals surface area contributed by atoms with Crippen LogP contribution in [0.5, 0.6) is 0 Å². The van der Waals surface area contributed by atoms with Gasteiger partial charge in [0.05, 0.1) is 17.7 Å². The molecular formula is C23H36O4Si. The Kier molecular flexibility index (Phi) is 9.66. The Balaban J connectivity index is 2.67. The lowest BCUT2D eigenvalue weighted by atomic mass is 10.1. The minimum atomic E-state index is -2.27. The van der Waals surface area contributed by atoms with E-state index in [2.05, 4.69) is 33.8 Å². The lowest BCUT2D eigenvalue weighted by Crippen LogP contribution is -2.42. The lowest BCUT2D eigenvalue weighted by Gasteiger charge is -2.35. The molecule has 28 heavy (non-hydrogen) atoms. The van der Waals surface area contributed by atoms with Gasteiger partial charge in [-0.25, -0.2) is 9.59 Å². The monoisotopic (exact) mass is 404 g/mol. The maximum absolute atomic E-state index is 12.7. The van der Waals surface area contributed by atoms with E-state index >= 15 is 0 Å². The molecule has 0 aliphatic rings. The maximum atomic E-state index is 12.7. The van der Waals surface area contributed by atoms with Crippen molar-refractivity contribution in [2.45, 2.75) is 77.9 Å². The number of ether oxygens (including phenoxy) is 1. The van der Waals surface area contributed by atoms with E-state index in [4.69, 9.17) is 9.16 Å². The lowest BCUT2D eigenvalue weighted by molar-refractivity contribution is 0.0502. The Labute approximate surface area is 171 Å². The molecule has 0 fully saturated rings. The van der Waals surface area contributed by atoms with E-state index in [1.807, 2.05) is 19.2 Å². The summed E-state index contributed by atoms with van der Waals surface area (Å²) in [6.45, 7) is 12.7. The molecule has 0 spiro atoms. The molecule has 0 aliphatic carbocycles. The third kappa shape index (κ3) is 7.62. The summed E-state index contributed by atoms with van der Waals surface area (Å²) >= 11 is 0. The summed E-state index contributed by atoms with van der Waals surface area (Å²) in [5, 5.41) is -0.0957. The fraction of sp³-hybridized carbons (Fsp3) is 0.565. The topological polar surface area (TPSA) is 52.6 Å². The SMILES string of the molecule is CCCCC/C=C\CCOC(=O)c1ccccc1C(=O)O[Si](C)(C)C(C)(C)C. The van der Waals surface area contributed by atoms with E-state index in [0.717, 1.165) is 6.42 Å². The molecule has 4 nitrogen and oxygen atoms in total. The largest absolute Gasteiger partial charge is 0.516 e. The quantitative estimate of drug-likeness (QED) is 0.192. The van der Waals surface area contributed by atoms with Gasteiger partial charge in [0.1, 0.15) is 0 Å². The van der Waals surface area contributed by atoms with Gasteiger partial charge in [0.25, 0.3) is 8.32 Å². The van der Waals surface area contributed by atoms with Crippen LogP contribution in [0.15, 0.2) is 36.4 Å². The third-order valence-electron chi connectivity index (χ3n) is 5.18.